The number of ether oxygens (including phenoxy) is 1. The van der Waals surface area contributed by atoms with Gasteiger partial charge in [-0.15, -0.1) is 0 Å². The highest BCUT2D eigenvalue weighted by Gasteiger charge is 2.00. The third-order valence-electron chi connectivity index (χ3n) is 3.02. The number of nitrogens with zero attached hydrogens (tertiary/aromatic N) is 1. The van der Waals surface area contributed by atoms with Crippen molar-refractivity contribution in [2.24, 2.45) is 0 Å². The van der Waals surface area contributed by atoms with E-state index >= 15 is 0 Å². The molecule has 0 aliphatic carbocycles. The molecule has 0 aromatic heterocycles. The maximum Gasteiger partial charge on any atom is 0.127 e. The highest BCUT2D eigenvalue weighted by atomic mass is 16.5. The van der Waals surface area contributed by atoms with Gasteiger partial charge in [0.05, 0.1) is 0 Å². The van der Waals surface area contributed by atoms with Crippen LogP contribution in [0.3, 0.4) is 0 Å². The fourth-order valence-corrected chi connectivity index (χ4v) is 1.98. The Labute approximate surface area is 115 Å². The Morgan fingerprint density at radius 2 is 1.79 bits per heavy atom. The highest BCUT2D eigenvalue weighted by molar-refractivity contribution is 5.88. The lowest BCUT2D eigenvalue weighted by Crippen LogP contribution is -2.29. The number of fused-ring (bicyclic) bond motifs is 1. The van der Waals surface area contributed by atoms with E-state index in [-0.39, 0.29) is 0 Å². The van der Waals surface area contributed by atoms with Gasteiger partial charge in [-0.3, -0.25) is 0 Å². The molecule has 0 amide bonds. The minimum atomic E-state index is 0.696. The molecule has 0 saturated carbocycles. The van der Waals surface area contributed by atoms with Gasteiger partial charge in [-0.05, 0) is 25.5 Å². The van der Waals surface area contributed by atoms with E-state index in [0.717, 1.165) is 25.4 Å². The second-order valence-electron chi connectivity index (χ2n) is 4.88. The number of benzene rings is 2. The van der Waals surface area contributed by atoms with Crippen LogP contribution in [0.4, 0.5) is 0 Å². The van der Waals surface area contributed by atoms with Crippen molar-refractivity contribution in [2.45, 2.75) is 0 Å². The largest absolute Gasteiger partial charge is 0.492 e. The first-order chi connectivity index (χ1) is 9.27. The molecule has 3 heteroatoms. The monoisotopic (exact) mass is 258 g/mol. The molecule has 3 nitrogen and oxygen atoms in total. The minimum Gasteiger partial charge on any atom is -0.492 e. The van der Waals surface area contributed by atoms with Gasteiger partial charge in [0, 0.05) is 25.0 Å². The Balaban J connectivity index is 1.82. The van der Waals surface area contributed by atoms with Crippen LogP contribution in [0.25, 0.3) is 10.8 Å². The maximum absolute atomic E-state index is 5.85. The van der Waals surface area contributed by atoms with Gasteiger partial charge in [0.15, 0.2) is 0 Å². The zero-order valence-corrected chi connectivity index (χ0v) is 11.7. The normalized spacial score (nSPS) is 11.1. The number of hydrogen-bond acceptors (Lipinski definition) is 3. The quantitative estimate of drug-likeness (QED) is 0.772. The molecule has 0 fully saturated rings. The van der Waals surface area contributed by atoms with Crippen molar-refractivity contribution in [1.29, 1.82) is 0 Å². The predicted molar refractivity (Wildman–Crippen MR) is 80.9 cm³/mol. The minimum absolute atomic E-state index is 0.696. The molecule has 2 rings (SSSR count). The van der Waals surface area contributed by atoms with Gasteiger partial charge in [0.1, 0.15) is 12.4 Å². The average Bonchev–Trinajstić information content (AvgIpc) is 2.42. The van der Waals surface area contributed by atoms with E-state index < -0.39 is 0 Å². The second kappa shape index (κ2) is 7.12. The lowest BCUT2D eigenvalue weighted by molar-refractivity contribution is 0.311. The van der Waals surface area contributed by atoms with Crippen LogP contribution >= 0.6 is 0 Å². The third kappa shape index (κ3) is 4.23. The average molecular weight is 258 g/mol. The molecule has 0 aliphatic rings. The Kier molecular flexibility index (Phi) is 5.19. The predicted octanol–water partition coefficient (Wildman–Crippen LogP) is 2.37. The summed E-state index contributed by atoms with van der Waals surface area (Å²) in [6.45, 7) is 3.61. The molecule has 0 atom stereocenters. The third-order valence-corrected chi connectivity index (χ3v) is 3.02. The summed E-state index contributed by atoms with van der Waals surface area (Å²) in [6.07, 6.45) is 0. The summed E-state index contributed by atoms with van der Waals surface area (Å²) in [5.74, 6) is 0.965. The van der Waals surface area contributed by atoms with Crippen LogP contribution in [-0.2, 0) is 0 Å². The zero-order valence-electron chi connectivity index (χ0n) is 11.7. The van der Waals surface area contributed by atoms with Crippen molar-refractivity contribution in [3.05, 3.63) is 42.5 Å². The number of rotatable bonds is 7. The first-order valence-electron chi connectivity index (χ1n) is 6.73. The van der Waals surface area contributed by atoms with Crippen molar-refractivity contribution in [1.82, 2.24) is 10.2 Å². The molecule has 0 bridgehead atoms. The Hall–Kier alpha value is -1.58. The SMILES string of the molecule is CN(C)CCNCCOc1cccc2ccccc12. The van der Waals surface area contributed by atoms with E-state index in [1.54, 1.807) is 0 Å². The molecule has 1 N–H and O–H groups in total. The van der Waals surface area contributed by atoms with Gasteiger partial charge in [-0.25, -0.2) is 0 Å². The molecule has 0 unspecified atom stereocenters. The first-order valence-corrected chi connectivity index (χ1v) is 6.73. The molecular weight excluding hydrogens is 236 g/mol. The van der Waals surface area contributed by atoms with Gasteiger partial charge in [0.25, 0.3) is 0 Å². The van der Waals surface area contributed by atoms with Crippen LogP contribution < -0.4 is 10.1 Å². The number of hydrogen-bond donors (Lipinski definition) is 1. The van der Waals surface area contributed by atoms with Gasteiger partial charge in [-0.1, -0.05) is 36.4 Å². The first kappa shape index (κ1) is 13.8. The van der Waals surface area contributed by atoms with E-state index in [0.29, 0.717) is 6.61 Å². The molecular formula is C16H22N2O. The topological polar surface area (TPSA) is 24.5 Å². The van der Waals surface area contributed by atoms with E-state index in [1.807, 2.05) is 18.2 Å². The molecule has 0 saturated heterocycles. The molecule has 0 heterocycles. The van der Waals surface area contributed by atoms with Crippen molar-refractivity contribution in [3.8, 4) is 5.75 Å². The van der Waals surface area contributed by atoms with Crippen LogP contribution in [0, 0.1) is 0 Å². The van der Waals surface area contributed by atoms with Gasteiger partial charge >= 0.3 is 0 Å². The van der Waals surface area contributed by atoms with E-state index in [4.69, 9.17) is 4.74 Å². The van der Waals surface area contributed by atoms with Crippen molar-refractivity contribution < 1.29 is 4.74 Å². The lowest BCUT2D eigenvalue weighted by atomic mass is 10.1. The standard InChI is InChI=1S/C16H22N2O/c1-18(2)12-10-17-11-13-19-16-9-5-7-14-6-3-4-8-15(14)16/h3-9,17H,10-13H2,1-2H3. The number of likely N-dealkylation sites (N-methyl/N-ethyl adjacent to an activating group) is 1. The molecule has 0 spiro atoms. The molecule has 2 aromatic rings. The van der Waals surface area contributed by atoms with Crippen LogP contribution in [0.5, 0.6) is 5.75 Å². The Morgan fingerprint density at radius 3 is 2.63 bits per heavy atom. The summed E-state index contributed by atoms with van der Waals surface area (Å²) < 4.78 is 5.85. The fourth-order valence-electron chi connectivity index (χ4n) is 1.98. The fraction of sp³-hybridized carbons (Fsp3) is 0.375. The van der Waals surface area contributed by atoms with E-state index in [1.165, 1.54) is 10.8 Å². The van der Waals surface area contributed by atoms with Crippen LogP contribution in [0.2, 0.25) is 0 Å². The summed E-state index contributed by atoms with van der Waals surface area (Å²) in [5, 5.41) is 5.77. The second-order valence-corrected chi connectivity index (χ2v) is 4.88. The maximum atomic E-state index is 5.85. The van der Waals surface area contributed by atoms with E-state index in [2.05, 4.69) is 48.6 Å². The molecule has 2 aromatic carbocycles. The summed E-state index contributed by atoms with van der Waals surface area (Å²) in [5.41, 5.74) is 0. The zero-order chi connectivity index (χ0) is 13.5. The summed E-state index contributed by atoms with van der Waals surface area (Å²) in [7, 11) is 4.16. The molecule has 102 valence electrons. The van der Waals surface area contributed by atoms with Crippen LogP contribution in [0.1, 0.15) is 0 Å². The highest BCUT2D eigenvalue weighted by Crippen LogP contribution is 2.24. The number of nitrogens with one attached hydrogen (secondary N) is 1. The summed E-state index contributed by atoms with van der Waals surface area (Å²) in [6, 6.07) is 14.5. The van der Waals surface area contributed by atoms with E-state index in [9.17, 15) is 0 Å². The van der Waals surface area contributed by atoms with Gasteiger partial charge in [-0.2, -0.15) is 0 Å². The van der Waals surface area contributed by atoms with Crippen molar-refractivity contribution in [2.75, 3.05) is 40.3 Å². The lowest BCUT2D eigenvalue weighted by Gasteiger charge is -2.12. The van der Waals surface area contributed by atoms with Crippen molar-refractivity contribution >= 4 is 10.8 Å². The van der Waals surface area contributed by atoms with Gasteiger partial charge in [0.2, 0.25) is 0 Å². The van der Waals surface area contributed by atoms with Crippen LogP contribution in [-0.4, -0.2) is 45.2 Å². The Morgan fingerprint density at radius 1 is 1.00 bits per heavy atom. The molecule has 19 heavy (non-hydrogen) atoms. The van der Waals surface area contributed by atoms with Crippen LogP contribution in [0.15, 0.2) is 42.5 Å². The summed E-state index contributed by atoms with van der Waals surface area (Å²) >= 11 is 0. The van der Waals surface area contributed by atoms with Crippen molar-refractivity contribution in [3.63, 3.8) is 0 Å². The van der Waals surface area contributed by atoms with Gasteiger partial charge < -0.3 is 15.0 Å². The summed E-state index contributed by atoms with van der Waals surface area (Å²) in [4.78, 5) is 2.17. The Bertz CT molecular complexity index is 506. The smallest absolute Gasteiger partial charge is 0.127 e. The molecule has 0 aliphatic heterocycles. The molecule has 0 radical (unpaired) electrons.